The van der Waals surface area contributed by atoms with Crippen molar-refractivity contribution >= 4 is 0 Å². The van der Waals surface area contributed by atoms with E-state index in [9.17, 15) is 0 Å². The summed E-state index contributed by atoms with van der Waals surface area (Å²) in [4.78, 5) is 2.56. The van der Waals surface area contributed by atoms with E-state index in [1.54, 1.807) is 0 Å². The number of piperazine rings is 1. The molecule has 2 N–H and O–H groups in total. The van der Waals surface area contributed by atoms with E-state index < -0.39 is 0 Å². The summed E-state index contributed by atoms with van der Waals surface area (Å²) >= 11 is 0. The predicted molar refractivity (Wildman–Crippen MR) is 101 cm³/mol. The molecule has 0 aliphatic carbocycles. The molecular formula is C21H27N3O. The summed E-state index contributed by atoms with van der Waals surface area (Å²) in [6.07, 6.45) is 2.46. The van der Waals surface area contributed by atoms with Gasteiger partial charge in [0.25, 0.3) is 0 Å². The highest BCUT2D eigenvalue weighted by Crippen LogP contribution is 2.25. The zero-order valence-electron chi connectivity index (χ0n) is 14.7. The van der Waals surface area contributed by atoms with Crippen LogP contribution in [0.3, 0.4) is 0 Å². The van der Waals surface area contributed by atoms with Crippen LogP contribution in [0.2, 0.25) is 0 Å². The van der Waals surface area contributed by atoms with Crippen LogP contribution in [0.25, 0.3) is 0 Å². The number of likely N-dealkylation sites (tertiary alicyclic amines) is 1. The Morgan fingerprint density at radius 2 is 1.60 bits per heavy atom. The Bertz CT molecular complexity index is 655. The van der Waals surface area contributed by atoms with Crippen LogP contribution >= 0.6 is 0 Å². The summed E-state index contributed by atoms with van der Waals surface area (Å²) in [5.74, 6) is 1.77. The fraction of sp³-hybridized carbons (Fsp3) is 0.429. The monoisotopic (exact) mass is 337 g/mol. The van der Waals surface area contributed by atoms with Crippen molar-refractivity contribution in [1.82, 2.24) is 15.5 Å². The van der Waals surface area contributed by atoms with Gasteiger partial charge in [0.2, 0.25) is 0 Å². The molecule has 25 heavy (non-hydrogen) atoms. The molecule has 2 aliphatic rings. The average molecular weight is 337 g/mol. The van der Waals surface area contributed by atoms with Crippen molar-refractivity contribution in [2.75, 3.05) is 32.7 Å². The van der Waals surface area contributed by atoms with Gasteiger partial charge in [-0.3, -0.25) is 4.90 Å². The molecule has 2 aliphatic heterocycles. The molecule has 132 valence electrons. The summed E-state index contributed by atoms with van der Waals surface area (Å²) in [6.45, 7) is 6.67. The quantitative estimate of drug-likeness (QED) is 0.899. The third-order valence-electron chi connectivity index (χ3n) is 5.39. The summed E-state index contributed by atoms with van der Waals surface area (Å²) < 4.78 is 5.87. The predicted octanol–water partition coefficient (Wildman–Crippen LogP) is 3.01. The number of nitrogens with one attached hydrogen (secondary N) is 2. The number of nitrogens with zero attached hydrogens (tertiary/aromatic N) is 1. The molecule has 0 radical (unpaired) electrons. The Hall–Kier alpha value is -1.88. The first-order valence-electron chi connectivity index (χ1n) is 9.31. The summed E-state index contributed by atoms with van der Waals surface area (Å²) in [6, 6.07) is 18.4. The van der Waals surface area contributed by atoms with Gasteiger partial charge in [-0.2, -0.15) is 0 Å². The fourth-order valence-corrected chi connectivity index (χ4v) is 3.84. The van der Waals surface area contributed by atoms with Crippen molar-refractivity contribution in [2.24, 2.45) is 0 Å². The maximum atomic E-state index is 5.87. The first-order chi connectivity index (χ1) is 12.3. The molecule has 0 aromatic heterocycles. The van der Waals surface area contributed by atoms with Crippen LogP contribution < -0.4 is 15.4 Å². The van der Waals surface area contributed by atoms with Crippen LogP contribution in [-0.4, -0.2) is 43.2 Å². The molecule has 0 unspecified atom stereocenters. The van der Waals surface area contributed by atoms with E-state index in [1.807, 2.05) is 30.3 Å². The Balaban J connectivity index is 1.30. The third kappa shape index (κ3) is 4.21. The molecule has 4 nitrogen and oxygen atoms in total. The molecule has 0 atom stereocenters. The Labute approximate surface area is 150 Å². The molecule has 4 heteroatoms. The van der Waals surface area contributed by atoms with Crippen LogP contribution in [0.5, 0.6) is 11.5 Å². The molecule has 1 spiro atoms. The number of piperidine rings is 1. The first-order valence-corrected chi connectivity index (χ1v) is 9.31. The van der Waals surface area contributed by atoms with Crippen molar-refractivity contribution in [3.05, 3.63) is 60.2 Å². The Kier molecular flexibility index (Phi) is 5.02. The zero-order valence-corrected chi connectivity index (χ0v) is 14.7. The minimum Gasteiger partial charge on any atom is -0.457 e. The van der Waals surface area contributed by atoms with Crippen LogP contribution in [0.4, 0.5) is 0 Å². The minimum atomic E-state index is 0.335. The standard InChI is InChI=1S/C21H27N3O/c1-2-4-19(5-3-1)25-20-8-6-18(7-9-20)16-24-14-10-21(11-15-24)17-22-12-13-23-21/h1-9,22-23H,10-17H2. The van der Waals surface area contributed by atoms with Crippen LogP contribution in [-0.2, 0) is 6.54 Å². The second-order valence-corrected chi connectivity index (χ2v) is 7.22. The van der Waals surface area contributed by atoms with Gasteiger partial charge < -0.3 is 15.4 Å². The van der Waals surface area contributed by atoms with E-state index in [0.717, 1.165) is 50.8 Å². The Morgan fingerprint density at radius 3 is 2.28 bits per heavy atom. The van der Waals surface area contributed by atoms with Crippen molar-refractivity contribution in [3.8, 4) is 11.5 Å². The number of benzene rings is 2. The smallest absolute Gasteiger partial charge is 0.127 e. The number of hydrogen-bond acceptors (Lipinski definition) is 4. The number of para-hydroxylation sites is 1. The largest absolute Gasteiger partial charge is 0.457 e. The van der Waals surface area contributed by atoms with Crippen LogP contribution in [0.1, 0.15) is 18.4 Å². The van der Waals surface area contributed by atoms with Crippen LogP contribution in [0.15, 0.2) is 54.6 Å². The lowest BCUT2D eigenvalue weighted by Gasteiger charge is -2.45. The van der Waals surface area contributed by atoms with Gasteiger partial charge >= 0.3 is 0 Å². The SMILES string of the molecule is c1ccc(Oc2ccc(CN3CCC4(CC3)CNCCN4)cc2)cc1. The molecule has 2 fully saturated rings. The maximum absolute atomic E-state index is 5.87. The molecule has 0 bridgehead atoms. The van der Waals surface area contributed by atoms with Gasteiger partial charge in [-0.15, -0.1) is 0 Å². The van der Waals surface area contributed by atoms with E-state index in [2.05, 4.69) is 39.8 Å². The molecule has 2 aromatic rings. The lowest BCUT2D eigenvalue weighted by atomic mass is 9.86. The summed E-state index contributed by atoms with van der Waals surface area (Å²) in [7, 11) is 0. The van der Waals surface area contributed by atoms with Gasteiger partial charge in [0, 0.05) is 44.8 Å². The molecule has 2 aromatic carbocycles. The molecule has 0 saturated carbocycles. The van der Waals surface area contributed by atoms with Gasteiger partial charge in [-0.25, -0.2) is 0 Å². The van der Waals surface area contributed by atoms with Gasteiger partial charge in [-0.05, 0) is 42.7 Å². The van der Waals surface area contributed by atoms with E-state index in [0.29, 0.717) is 5.54 Å². The number of ether oxygens (including phenoxy) is 1. The third-order valence-corrected chi connectivity index (χ3v) is 5.39. The van der Waals surface area contributed by atoms with E-state index in [1.165, 1.54) is 18.4 Å². The Morgan fingerprint density at radius 1 is 0.880 bits per heavy atom. The van der Waals surface area contributed by atoms with Gasteiger partial charge in [0.05, 0.1) is 0 Å². The molecule has 2 saturated heterocycles. The minimum absolute atomic E-state index is 0.335. The highest BCUT2D eigenvalue weighted by molar-refractivity contribution is 5.33. The van der Waals surface area contributed by atoms with Crippen molar-refractivity contribution in [3.63, 3.8) is 0 Å². The van der Waals surface area contributed by atoms with Gasteiger partial charge in [0.15, 0.2) is 0 Å². The average Bonchev–Trinajstić information content (AvgIpc) is 2.67. The zero-order chi connectivity index (χ0) is 17.0. The number of rotatable bonds is 4. The first kappa shape index (κ1) is 16.6. The fourth-order valence-electron chi connectivity index (χ4n) is 3.84. The normalized spacial score (nSPS) is 20.5. The molecule has 4 rings (SSSR count). The van der Waals surface area contributed by atoms with Gasteiger partial charge in [0.1, 0.15) is 11.5 Å². The van der Waals surface area contributed by atoms with E-state index in [-0.39, 0.29) is 0 Å². The highest BCUT2D eigenvalue weighted by Gasteiger charge is 2.35. The van der Waals surface area contributed by atoms with Crippen LogP contribution in [0, 0.1) is 0 Å². The summed E-state index contributed by atoms with van der Waals surface area (Å²) in [5, 5.41) is 7.28. The number of hydrogen-bond donors (Lipinski definition) is 2. The second kappa shape index (κ2) is 7.56. The van der Waals surface area contributed by atoms with Crippen molar-refractivity contribution < 1.29 is 4.74 Å². The topological polar surface area (TPSA) is 36.5 Å². The van der Waals surface area contributed by atoms with Crippen molar-refractivity contribution in [2.45, 2.75) is 24.9 Å². The van der Waals surface area contributed by atoms with E-state index in [4.69, 9.17) is 4.74 Å². The van der Waals surface area contributed by atoms with E-state index >= 15 is 0 Å². The molecular weight excluding hydrogens is 310 g/mol. The summed E-state index contributed by atoms with van der Waals surface area (Å²) in [5.41, 5.74) is 1.69. The lowest BCUT2D eigenvalue weighted by molar-refractivity contribution is 0.116. The molecule has 2 heterocycles. The lowest BCUT2D eigenvalue weighted by Crippen LogP contribution is -2.63. The van der Waals surface area contributed by atoms with Gasteiger partial charge in [-0.1, -0.05) is 30.3 Å². The maximum Gasteiger partial charge on any atom is 0.127 e. The second-order valence-electron chi connectivity index (χ2n) is 7.22. The highest BCUT2D eigenvalue weighted by atomic mass is 16.5. The van der Waals surface area contributed by atoms with Crippen molar-refractivity contribution in [1.29, 1.82) is 0 Å². The molecule has 0 amide bonds.